The highest BCUT2D eigenvalue weighted by molar-refractivity contribution is 6.26. The summed E-state index contributed by atoms with van der Waals surface area (Å²) in [7, 11) is 1.50. The highest BCUT2D eigenvalue weighted by Gasteiger charge is 2.53. The van der Waals surface area contributed by atoms with E-state index in [-0.39, 0.29) is 23.2 Å². The van der Waals surface area contributed by atoms with Gasteiger partial charge in [0.2, 0.25) is 0 Å². The molecule has 0 aromatic heterocycles. The Bertz CT molecular complexity index is 722. The number of allylic oxidation sites excluding steroid dienone is 5. The summed E-state index contributed by atoms with van der Waals surface area (Å²) in [4.78, 5) is 26.7. The monoisotopic (exact) mass is 373 g/mol. The van der Waals surface area contributed by atoms with Gasteiger partial charge in [0.05, 0.1) is 6.61 Å². The van der Waals surface area contributed by atoms with E-state index in [1.807, 2.05) is 26.0 Å². The molecule has 1 heterocycles. The second kappa shape index (κ2) is 7.27. The second-order valence-corrected chi connectivity index (χ2v) is 8.61. The lowest BCUT2D eigenvalue weighted by Gasteiger charge is -2.50. The minimum absolute atomic E-state index is 0.0799. The molecule has 27 heavy (non-hydrogen) atoms. The number of ketones is 1. The fraction of sp³-hybridized carbons (Fsp3) is 0.636. The van der Waals surface area contributed by atoms with E-state index in [1.165, 1.54) is 11.9 Å². The molecular formula is C22H31NO4. The van der Waals surface area contributed by atoms with Crippen LogP contribution in [0.15, 0.2) is 35.6 Å². The van der Waals surface area contributed by atoms with Crippen molar-refractivity contribution in [2.45, 2.75) is 46.1 Å². The lowest BCUT2D eigenvalue weighted by atomic mass is 9.54. The van der Waals surface area contributed by atoms with Gasteiger partial charge in [0, 0.05) is 18.4 Å². The van der Waals surface area contributed by atoms with Crippen LogP contribution >= 0.6 is 0 Å². The number of aliphatic hydroxyl groups is 2. The average Bonchev–Trinajstić information content (AvgIpc) is 2.85. The van der Waals surface area contributed by atoms with Gasteiger partial charge in [0.15, 0.2) is 5.78 Å². The van der Waals surface area contributed by atoms with Gasteiger partial charge < -0.3 is 15.1 Å². The van der Waals surface area contributed by atoms with Gasteiger partial charge in [0.25, 0.3) is 5.91 Å². The van der Waals surface area contributed by atoms with Gasteiger partial charge in [-0.1, -0.05) is 44.6 Å². The zero-order valence-corrected chi connectivity index (χ0v) is 16.7. The third kappa shape index (κ3) is 2.96. The van der Waals surface area contributed by atoms with Gasteiger partial charge >= 0.3 is 0 Å². The number of rotatable bonds is 3. The predicted molar refractivity (Wildman–Crippen MR) is 104 cm³/mol. The van der Waals surface area contributed by atoms with E-state index in [1.54, 1.807) is 0 Å². The van der Waals surface area contributed by atoms with Crippen LogP contribution in [0.5, 0.6) is 0 Å². The van der Waals surface area contributed by atoms with Gasteiger partial charge in [-0.2, -0.15) is 0 Å². The Morgan fingerprint density at radius 3 is 2.63 bits per heavy atom. The molecule has 0 radical (unpaired) electrons. The summed E-state index contributed by atoms with van der Waals surface area (Å²) in [5.41, 5.74) is -0.848. The normalized spacial score (nSPS) is 41.4. The Balaban J connectivity index is 2.14. The van der Waals surface area contributed by atoms with Crippen molar-refractivity contribution in [3.05, 3.63) is 35.6 Å². The molecule has 2 aliphatic carbocycles. The van der Waals surface area contributed by atoms with Crippen molar-refractivity contribution in [3.63, 3.8) is 0 Å². The molecule has 5 nitrogen and oxygen atoms in total. The van der Waals surface area contributed by atoms with E-state index in [9.17, 15) is 19.8 Å². The van der Waals surface area contributed by atoms with Crippen LogP contribution in [0, 0.1) is 29.1 Å². The zero-order valence-electron chi connectivity index (χ0n) is 16.7. The van der Waals surface area contributed by atoms with E-state index < -0.39 is 29.8 Å². The zero-order chi connectivity index (χ0) is 19.9. The van der Waals surface area contributed by atoms with E-state index >= 15 is 0 Å². The number of likely N-dealkylation sites (tertiary alicyclic amines) is 1. The SMILES string of the molecule is CC=CC1C=CC2CC(C)CCC2[C@@]1(C)C(O)=C1C(=O)C(CO)N(C)C1=O. The van der Waals surface area contributed by atoms with Crippen LogP contribution in [0.25, 0.3) is 0 Å². The molecule has 2 N–H and O–H groups in total. The molecule has 2 fully saturated rings. The van der Waals surface area contributed by atoms with Crippen molar-refractivity contribution in [2.24, 2.45) is 29.1 Å². The molecule has 1 amide bonds. The van der Waals surface area contributed by atoms with Gasteiger partial charge in [-0.05, 0) is 37.5 Å². The molecule has 1 saturated carbocycles. The molecule has 1 aliphatic heterocycles. The standard InChI is InChI=1S/C22H31NO4/c1-5-6-15-9-8-14-11-13(2)7-10-16(14)22(15,3)20(26)18-19(25)17(12-24)23(4)21(18)27/h5-6,8-9,13-17,24,26H,7,10-12H2,1-4H3/t13?,14?,15?,16?,17?,22-/m0/s1. The highest BCUT2D eigenvalue weighted by Crippen LogP contribution is 2.56. The number of carbonyl (C=O) groups is 2. The average molecular weight is 373 g/mol. The number of carbonyl (C=O) groups excluding carboxylic acids is 2. The first kappa shape index (κ1) is 19.9. The van der Waals surface area contributed by atoms with Crippen molar-refractivity contribution in [3.8, 4) is 0 Å². The maximum Gasteiger partial charge on any atom is 0.261 e. The quantitative estimate of drug-likeness (QED) is 0.345. The molecule has 0 bridgehead atoms. The number of fused-ring (bicyclic) bond motifs is 1. The summed E-state index contributed by atoms with van der Waals surface area (Å²) in [6.07, 6.45) is 11.5. The fourth-order valence-corrected chi connectivity index (χ4v) is 5.35. The minimum Gasteiger partial charge on any atom is -0.511 e. The summed E-state index contributed by atoms with van der Waals surface area (Å²) in [5, 5.41) is 20.9. The second-order valence-electron chi connectivity index (χ2n) is 8.61. The number of hydrogen-bond acceptors (Lipinski definition) is 4. The number of amides is 1. The maximum absolute atomic E-state index is 12.8. The summed E-state index contributed by atoms with van der Waals surface area (Å²) >= 11 is 0. The number of likely N-dealkylation sites (N-methyl/N-ethyl adjacent to an activating group) is 1. The Morgan fingerprint density at radius 2 is 2.04 bits per heavy atom. The van der Waals surface area contributed by atoms with E-state index in [2.05, 4.69) is 19.1 Å². The van der Waals surface area contributed by atoms with Crippen molar-refractivity contribution >= 4 is 11.7 Å². The van der Waals surface area contributed by atoms with Gasteiger partial charge in [-0.25, -0.2) is 0 Å². The molecule has 1 saturated heterocycles. The number of Topliss-reactive ketones (excluding diaryl/α,β-unsaturated/α-hetero) is 1. The van der Waals surface area contributed by atoms with Crippen molar-refractivity contribution in [1.29, 1.82) is 0 Å². The molecule has 0 aromatic carbocycles. The fourth-order valence-electron chi connectivity index (χ4n) is 5.35. The highest BCUT2D eigenvalue weighted by atomic mass is 16.3. The lowest BCUT2D eigenvalue weighted by Crippen LogP contribution is -2.45. The Labute approximate surface area is 161 Å². The summed E-state index contributed by atoms with van der Waals surface area (Å²) in [5.74, 6) is -0.00752. The summed E-state index contributed by atoms with van der Waals surface area (Å²) in [6.45, 7) is 5.75. The molecule has 0 spiro atoms. The lowest BCUT2D eigenvalue weighted by molar-refractivity contribution is -0.126. The third-order valence-electron chi connectivity index (χ3n) is 7.06. The smallest absolute Gasteiger partial charge is 0.261 e. The van der Waals surface area contributed by atoms with E-state index in [0.29, 0.717) is 11.8 Å². The molecule has 0 aromatic rings. The van der Waals surface area contributed by atoms with Crippen LogP contribution < -0.4 is 0 Å². The van der Waals surface area contributed by atoms with Crippen LogP contribution in [0.1, 0.15) is 40.0 Å². The number of aliphatic hydroxyl groups excluding tert-OH is 2. The van der Waals surface area contributed by atoms with E-state index in [0.717, 1.165) is 19.3 Å². The van der Waals surface area contributed by atoms with Crippen LogP contribution in [-0.2, 0) is 9.59 Å². The summed E-state index contributed by atoms with van der Waals surface area (Å²) in [6, 6.07) is -0.903. The summed E-state index contributed by atoms with van der Waals surface area (Å²) < 4.78 is 0. The largest absolute Gasteiger partial charge is 0.511 e. The first-order valence-electron chi connectivity index (χ1n) is 9.94. The Kier molecular flexibility index (Phi) is 5.35. The Hall–Kier alpha value is -1.88. The van der Waals surface area contributed by atoms with Crippen molar-refractivity contribution < 1.29 is 19.8 Å². The Morgan fingerprint density at radius 1 is 1.33 bits per heavy atom. The van der Waals surface area contributed by atoms with E-state index in [4.69, 9.17) is 0 Å². The topological polar surface area (TPSA) is 77.8 Å². The van der Waals surface area contributed by atoms with Crippen molar-refractivity contribution in [1.82, 2.24) is 4.90 Å². The molecule has 148 valence electrons. The molecular weight excluding hydrogens is 342 g/mol. The number of nitrogens with zero attached hydrogens (tertiary/aromatic N) is 1. The predicted octanol–water partition coefficient (Wildman–Crippen LogP) is 3.02. The van der Waals surface area contributed by atoms with Gasteiger partial charge in [-0.3, -0.25) is 9.59 Å². The van der Waals surface area contributed by atoms with Crippen LogP contribution in [-0.4, -0.2) is 46.5 Å². The molecule has 3 rings (SSSR count). The first-order valence-corrected chi connectivity index (χ1v) is 9.94. The molecule has 6 atom stereocenters. The van der Waals surface area contributed by atoms with Gasteiger partial charge in [-0.15, -0.1) is 0 Å². The van der Waals surface area contributed by atoms with Crippen LogP contribution in [0.2, 0.25) is 0 Å². The van der Waals surface area contributed by atoms with Crippen LogP contribution in [0.4, 0.5) is 0 Å². The molecule has 3 aliphatic rings. The minimum atomic E-state index is -0.903. The third-order valence-corrected chi connectivity index (χ3v) is 7.06. The first-order chi connectivity index (χ1) is 12.8. The maximum atomic E-state index is 12.8. The number of hydrogen-bond donors (Lipinski definition) is 2. The molecule has 5 unspecified atom stereocenters. The molecule has 5 heteroatoms. The van der Waals surface area contributed by atoms with Crippen molar-refractivity contribution in [2.75, 3.05) is 13.7 Å². The van der Waals surface area contributed by atoms with Crippen LogP contribution in [0.3, 0.4) is 0 Å². The van der Waals surface area contributed by atoms with Gasteiger partial charge in [0.1, 0.15) is 17.4 Å².